The zero-order valence-electron chi connectivity index (χ0n) is 7.95. The maximum Gasteiger partial charge on any atom is 0.434 e. The van der Waals surface area contributed by atoms with E-state index in [0.29, 0.717) is 0 Å². The Kier molecular flexibility index (Phi) is 4.02. The van der Waals surface area contributed by atoms with Crippen LogP contribution in [0, 0.1) is 0 Å². The number of aliphatic hydroxyl groups excluding tert-OH is 3. The lowest BCUT2D eigenvalue weighted by molar-refractivity contribution is -0.130. The molecule has 1 heterocycles. The summed E-state index contributed by atoms with van der Waals surface area (Å²) in [7, 11) is -4.94. The molecule has 9 nitrogen and oxygen atoms in total. The van der Waals surface area contributed by atoms with E-state index in [9.17, 15) is 19.6 Å². The van der Waals surface area contributed by atoms with E-state index in [0.717, 1.165) is 0 Å². The molecule has 94 valence electrons. The average molecular weight is 257 g/mol. The van der Waals surface area contributed by atoms with Gasteiger partial charge in [0.1, 0.15) is 18.3 Å². The summed E-state index contributed by atoms with van der Waals surface area (Å²) in [4.78, 5) is 28.0. The fourth-order valence-electron chi connectivity index (χ4n) is 1.37. The summed E-state index contributed by atoms with van der Waals surface area (Å²) >= 11 is 0. The topological polar surface area (TPSA) is 148 Å². The van der Waals surface area contributed by atoms with Gasteiger partial charge < -0.3 is 29.8 Å². The molecule has 0 spiro atoms. The minimum Gasteiger partial charge on any atom is -0.394 e. The van der Waals surface area contributed by atoms with Gasteiger partial charge in [0, 0.05) is 0 Å². The molecule has 1 fully saturated rings. The Morgan fingerprint density at radius 2 is 1.88 bits per heavy atom. The summed E-state index contributed by atoms with van der Waals surface area (Å²) in [6.45, 7) is -0.650. The summed E-state index contributed by atoms with van der Waals surface area (Å²) < 4.78 is 15.6. The normalized spacial score (nSPS) is 35.1. The van der Waals surface area contributed by atoms with Crippen molar-refractivity contribution in [3.8, 4) is 0 Å². The lowest BCUT2D eigenvalue weighted by Crippen LogP contribution is -2.41. The first-order valence-electron chi connectivity index (χ1n) is 4.25. The molecule has 1 amide bonds. The molecule has 0 aromatic heterocycles. The van der Waals surface area contributed by atoms with E-state index in [4.69, 9.17) is 19.6 Å². The largest absolute Gasteiger partial charge is 0.434 e. The highest BCUT2D eigenvalue weighted by atomic mass is 31.2. The second-order valence-corrected chi connectivity index (χ2v) is 4.72. The Bertz CT molecular complexity index is 305. The van der Waals surface area contributed by atoms with Crippen molar-refractivity contribution in [1.29, 1.82) is 0 Å². The van der Waals surface area contributed by atoms with Gasteiger partial charge in [0.05, 0.1) is 6.61 Å². The minimum atomic E-state index is -4.94. The van der Waals surface area contributed by atoms with Gasteiger partial charge in [-0.05, 0) is 0 Å². The summed E-state index contributed by atoms with van der Waals surface area (Å²) in [6, 6.07) is 0. The zero-order valence-corrected chi connectivity index (χ0v) is 8.84. The van der Waals surface area contributed by atoms with Crippen LogP contribution in [-0.2, 0) is 14.1 Å². The summed E-state index contributed by atoms with van der Waals surface area (Å²) in [5.41, 5.74) is 0. The van der Waals surface area contributed by atoms with Crippen molar-refractivity contribution >= 4 is 14.2 Å². The van der Waals surface area contributed by atoms with Crippen LogP contribution in [0.4, 0.5) is 0 Å². The Morgan fingerprint density at radius 1 is 1.31 bits per heavy atom. The number of hydrogen-bond acceptors (Lipinski definition) is 6. The third-order valence-corrected chi connectivity index (χ3v) is 3.11. The number of hydrogen-bond donors (Lipinski definition) is 5. The van der Waals surface area contributed by atoms with Crippen LogP contribution < -0.4 is 0 Å². The number of ether oxygens (including phenoxy) is 1. The SMILES string of the molecule is O=CN(C1O[C@H](CO)[C@@H](O)[C@H]1O)P(=O)(O)O. The van der Waals surface area contributed by atoms with Crippen LogP contribution >= 0.6 is 7.75 Å². The van der Waals surface area contributed by atoms with Crippen LogP contribution in [0.3, 0.4) is 0 Å². The molecule has 16 heavy (non-hydrogen) atoms. The molecule has 1 saturated heterocycles. The van der Waals surface area contributed by atoms with Gasteiger partial charge in [-0.15, -0.1) is 0 Å². The number of aliphatic hydroxyl groups is 3. The lowest BCUT2D eigenvalue weighted by atomic mass is 10.1. The van der Waals surface area contributed by atoms with E-state index in [1.165, 1.54) is 0 Å². The quantitative estimate of drug-likeness (QED) is 0.264. The van der Waals surface area contributed by atoms with Crippen molar-refractivity contribution in [3.63, 3.8) is 0 Å². The Hall–Kier alpha value is -0.540. The van der Waals surface area contributed by atoms with Gasteiger partial charge in [-0.2, -0.15) is 0 Å². The Morgan fingerprint density at radius 3 is 2.19 bits per heavy atom. The second kappa shape index (κ2) is 4.76. The van der Waals surface area contributed by atoms with Gasteiger partial charge in [0.25, 0.3) is 0 Å². The van der Waals surface area contributed by atoms with Gasteiger partial charge in [0.2, 0.25) is 6.41 Å². The average Bonchev–Trinajstić information content (AvgIpc) is 2.45. The molecule has 1 aliphatic rings. The van der Waals surface area contributed by atoms with Crippen LogP contribution in [0.2, 0.25) is 0 Å². The number of amides is 1. The predicted octanol–water partition coefficient (Wildman–Crippen LogP) is -3.02. The van der Waals surface area contributed by atoms with E-state index in [1.807, 2.05) is 0 Å². The molecule has 1 aliphatic heterocycles. The van der Waals surface area contributed by atoms with Crippen molar-refractivity contribution in [1.82, 2.24) is 4.67 Å². The maximum atomic E-state index is 10.9. The van der Waals surface area contributed by atoms with Gasteiger partial charge in [-0.3, -0.25) is 4.79 Å². The number of carbonyl (C=O) groups excluding carboxylic acids is 1. The zero-order chi connectivity index (χ0) is 12.5. The van der Waals surface area contributed by atoms with Crippen molar-refractivity contribution in [2.45, 2.75) is 24.5 Å². The molecule has 0 aromatic rings. The van der Waals surface area contributed by atoms with Crippen molar-refractivity contribution in [2.75, 3.05) is 6.61 Å². The Balaban J connectivity index is 2.89. The molecule has 0 bridgehead atoms. The lowest BCUT2D eigenvalue weighted by Gasteiger charge is -2.26. The summed E-state index contributed by atoms with van der Waals surface area (Å²) in [5.74, 6) is 0. The molecule has 0 radical (unpaired) electrons. The first-order valence-corrected chi connectivity index (χ1v) is 5.81. The highest BCUT2D eigenvalue weighted by Crippen LogP contribution is 2.43. The van der Waals surface area contributed by atoms with Crippen LogP contribution in [0.25, 0.3) is 0 Å². The molecule has 1 unspecified atom stereocenters. The third kappa shape index (κ3) is 2.41. The molecular formula is C6H12NO8P. The molecule has 4 atom stereocenters. The number of carbonyl (C=O) groups is 1. The van der Waals surface area contributed by atoms with Gasteiger partial charge in [0.15, 0.2) is 6.23 Å². The summed E-state index contributed by atoms with van der Waals surface area (Å²) in [5, 5.41) is 27.4. The number of nitrogens with zero attached hydrogens (tertiary/aromatic N) is 1. The molecule has 0 saturated carbocycles. The van der Waals surface area contributed by atoms with E-state index in [-0.39, 0.29) is 11.1 Å². The monoisotopic (exact) mass is 257 g/mol. The summed E-state index contributed by atoms with van der Waals surface area (Å²) in [6.07, 6.45) is -6.31. The van der Waals surface area contributed by atoms with Gasteiger partial charge >= 0.3 is 7.75 Å². The smallest absolute Gasteiger partial charge is 0.394 e. The second-order valence-electron chi connectivity index (χ2n) is 3.23. The van der Waals surface area contributed by atoms with Crippen molar-refractivity contribution in [2.24, 2.45) is 0 Å². The minimum absolute atomic E-state index is 0.0451. The fourth-order valence-corrected chi connectivity index (χ4v) is 1.98. The molecule has 10 heteroatoms. The van der Waals surface area contributed by atoms with E-state index in [2.05, 4.69) is 0 Å². The highest BCUT2D eigenvalue weighted by molar-refractivity contribution is 7.49. The van der Waals surface area contributed by atoms with E-state index < -0.39 is 38.9 Å². The molecule has 0 aliphatic carbocycles. The van der Waals surface area contributed by atoms with Crippen LogP contribution in [-0.4, -0.2) is 67.3 Å². The van der Waals surface area contributed by atoms with Gasteiger partial charge in [-0.1, -0.05) is 0 Å². The van der Waals surface area contributed by atoms with Crippen LogP contribution in [0.15, 0.2) is 0 Å². The maximum absolute atomic E-state index is 10.9. The Labute approximate surface area is 90.1 Å². The van der Waals surface area contributed by atoms with E-state index in [1.54, 1.807) is 0 Å². The first-order chi connectivity index (χ1) is 7.32. The third-order valence-electron chi connectivity index (χ3n) is 2.19. The van der Waals surface area contributed by atoms with Gasteiger partial charge in [-0.25, -0.2) is 9.24 Å². The van der Waals surface area contributed by atoms with E-state index >= 15 is 0 Å². The predicted molar refractivity (Wildman–Crippen MR) is 47.7 cm³/mol. The molecular weight excluding hydrogens is 245 g/mol. The molecule has 1 rings (SSSR count). The first kappa shape index (κ1) is 13.5. The number of rotatable bonds is 4. The van der Waals surface area contributed by atoms with Crippen LogP contribution in [0.1, 0.15) is 0 Å². The standard InChI is InChI=1S/C6H12NO8P/c8-1-3-4(10)5(11)6(15-3)7(2-9)16(12,13)14/h2-6,8,10-11H,1H2,(H2,12,13,14)/t3-,4-,5-,6?/m1/s1. The molecule has 5 N–H and O–H groups in total. The molecule has 0 aromatic carbocycles. The van der Waals surface area contributed by atoms with Crippen molar-refractivity contribution in [3.05, 3.63) is 0 Å². The highest BCUT2D eigenvalue weighted by Gasteiger charge is 2.49. The van der Waals surface area contributed by atoms with Crippen LogP contribution in [0.5, 0.6) is 0 Å². The van der Waals surface area contributed by atoms with Crippen molar-refractivity contribution < 1.29 is 39.2 Å². The fraction of sp³-hybridized carbons (Fsp3) is 0.833.